The van der Waals surface area contributed by atoms with Crippen LogP contribution >= 0.6 is 0 Å². The quantitative estimate of drug-likeness (QED) is 0.128. The van der Waals surface area contributed by atoms with Crippen molar-refractivity contribution in [2.45, 2.75) is 167 Å². The topological polar surface area (TPSA) is 0 Å². The van der Waals surface area contributed by atoms with E-state index in [1.54, 1.807) is 5.56 Å². The summed E-state index contributed by atoms with van der Waals surface area (Å²) in [5.74, 6) is 0.750. The molecule has 0 bridgehead atoms. The first kappa shape index (κ1) is 30.9. The monoisotopic (exact) mass is 492 g/mol. The van der Waals surface area contributed by atoms with E-state index in [0.29, 0.717) is 0 Å². The Bertz CT molecular complexity index is 745. The molecule has 2 aromatic rings. The third kappa shape index (κ3) is 14.4. The maximum atomic E-state index is 2.46. The fourth-order valence-electron chi connectivity index (χ4n) is 5.86. The van der Waals surface area contributed by atoms with E-state index in [4.69, 9.17) is 0 Å². The number of hydrogen-bond donors (Lipinski definition) is 0. The summed E-state index contributed by atoms with van der Waals surface area (Å²) in [5.41, 5.74) is 1.57. The second-order valence-electron chi connectivity index (χ2n) is 11.6. The van der Waals surface area contributed by atoms with E-state index in [1.165, 1.54) is 158 Å². The predicted molar refractivity (Wildman–Crippen MR) is 164 cm³/mol. The summed E-state index contributed by atoms with van der Waals surface area (Å²) < 4.78 is 0. The second kappa shape index (κ2) is 21.8. The number of fused-ring (bicyclic) bond motifs is 1. The summed E-state index contributed by atoms with van der Waals surface area (Å²) in [4.78, 5) is 0. The van der Waals surface area contributed by atoms with E-state index in [0.717, 1.165) is 5.92 Å². The van der Waals surface area contributed by atoms with E-state index in [9.17, 15) is 0 Å². The molecule has 0 saturated carbocycles. The fraction of sp³-hybridized carbons (Fsp3) is 0.722. The number of unbranched alkanes of at least 4 members (excludes halogenated alkanes) is 19. The Kier molecular flexibility index (Phi) is 18.7. The summed E-state index contributed by atoms with van der Waals surface area (Å²) in [5, 5.41) is 2.78. The van der Waals surface area contributed by atoms with Gasteiger partial charge in [-0.3, -0.25) is 0 Å². The highest BCUT2D eigenvalue weighted by molar-refractivity contribution is 5.83. The van der Waals surface area contributed by atoms with Gasteiger partial charge in [0.1, 0.15) is 0 Å². The van der Waals surface area contributed by atoms with Crippen LogP contribution in [-0.4, -0.2) is 0 Å². The highest BCUT2D eigenvalue weighted by Gasteiger charge is 2.11. The Morgan fingerprint density at radius 3 is 1.33 bits per heavy atom. The molecule has 0 aliphatic carbocycles. The Morgan fingerprint density at radius 1 is 0.417 bits per heavy atom. The predicted octanol–water partition coefficient (Wildman–Crippen LogP) is 12.9. The highest BCUT2D eigenvalue weighted by atomic mass is 14.2. The van der Waals surface area contributed by atoms with Crippen LogP contribution in [0.25, 0.3) is 10.8 Å². The molecular formula is C36H60. The SMILES string of the molecule is CCCCCCCCCCCCCCCCCCCCCC(CCCC)c1ccc2ccccc2c1. The van der Waals surface area contributed by atoms with Gasteiger partial charge in [-0.05, 0) is 35.1 Å². The minimum atomic E-state index is 0.750. The average Bonchev–Trinajstić information content (AvgIpc) is 2.91. The van der Waals surface area contributed by atoms with Crippen LogP contribution in [0, 0.1) is 0 Å². The summed E-state index contributed by atoms with van der Waals surface area (Å²) in [6.45, 7) is 4.63. The average molecular weight is 493 g/mol. The minimum Gasteiger partial charge on any atom is -0.0654 e. The molecule has 0 saturated heterocycles. The van der Waals surface area contributed by atoms with Crippen LogP contribution < -0.4 is 0 Å². The van der Waals surface area contributed by atoms with Crippen LogP contribution in [0.2, 0.25) is 0 Å². The lowest BCUT2D eigenvalue weighted by Gasteiger charge is -2.18. The summed E-state index contributed by atoms with van der Waals surface area (Å²) >= 11 is 0. The summed E-state index contributed by atoms with van der Waals surface area (Å²) in [6, 6.07) is 16.0. The Labute approximate surface area is 226 Å². The number of benzene rings is 2. The van der Waals surface area contributed by atoms with Gasteiger partial charge in [-0.1, -0.05) is 191 Å². The molecule has 0 aliphatic rings. The van der Waals surface area contributed by atoms with Crippen LogP contribution in [0.5, 0.6) is 0 Å². The molecule has 0 heteroatoms. The van der Waals surface area contributed by atoms with Crippen molar-refractivity contribution in [2.75, 3.05) is 0 Å². The molecule has 0 aliphatic heterocycles. The maximum absolute atomic E-state index is 2.46. The first-order valence-electron chi connectivity index (χ1n) is 16.3. The van der Waals surface area contributed by atoms with Crippen molar-refractivity contribution in [1.82, 2.24) is 0 Å². The lowest BCUT2D eigenvalue weighted by Crippen LogP contribution is -2.00. The molecule has 0 nitrogen and oxygen atoms in total. The molecule has 0 heterocycles. The van der Waals surface area contributed by atoms with Gasteiger partial charge in [-0.15, -0.1) is 0 Å². The minimum absolute atomic E-state index is 0.750. The van der Waals surface area contributed by atoms with Gasteiger partial charge in [0, 0.05) is 0 Å². The van der Waals surface area contributed by atoms with Crippen LogP contribution in [0.15, 0.2) is 42.5 Å². The molecule has 0 N–H and O–H groups in total. The Hall–Kier alpha value is -1.30. The first-order chi connectivity index (χ1) is 17.8. The normalized spacial score (nSPS) is 12.4. The molecule has 0 spiro atoms. The molecular weight excluding hydrogens is 432 g/mol. The smallest absolute Gasteiger partial charge is 0.0162 e. The van der Waals surface area contributed by atoms with Gasteiger partial charge in [-0.2, -0.15) is 0 Å². The molecule has 1 unspecified atom stereocenters. The molecule has 36 heavy (non-hydrogen) atoms. The van der Waals surface area contributed by atoms with E-state index < -0.39 is 0 Å². The van der Waals surface area contributed by atoms with E-state index in [1.807, 2.05) is 0 Å². The van der Waals surface area contributed by atoms with Gasteiger partial charge in [0.2, 0.25) is 0 Å². The van der Waals surface area contributed by atoms with Gasteiger partial charge in [-0.25, -0.2) is 0 Å². The Morgan fingerprint density at radius 2 is 0.833 bits per heavy atom. The van der Waals surface area contributed by atoms with Crippen molar-refractivity contribution in [3.63, 3.8) is 0 Å². The zero-order chi connectivity index (χ0) is 25.5. The van der Waals surface area contributed by atoms with E-state index >= 15 is 0 Å². The van der Waals surface area contributed by atoms with E-state index in [-0.39, 0.29) is 0 Å². The van der Waals surface area contributed by atoms with E-state index in [2.05, 4.69) is 56.3 Å². The van der Waals surface area contributed by atoms with Gasteiger partial charge in [0.15, 0.2) is 0 Å². The molecule has 0 aromatic heterocycles. The molecule has 2 rings (SSSR count). The van der Waals surface area contributed by atoms with Crippen molar-refractivity contribution >= 4 is 10.8 Å². The molecule has 204 valence electrons. The highest BCUT2D eigenvalue weighted by Crippen LogP contribution is 2.30. The van der Waals surface area contributed by atoms with Gasteiger partial charge < -0.3 is 0 Å². The van der Waals surface area contributed by atoms with Crippen molar-refractivity contribution in [3.8, 4) is 0 Å². The van der Waals surface area contributed by atoms with Gasteiger partial charge >= 0.3 is 0 Å². The molecule has 2 aromatic carbocycles. The fourth-order valence-corrected chi connectivity index (χ4v) is 5.86. The third-order valence-corrected chi connectivity index (χ3v) is 8.31. The lowest BCUT2D eigenvalue weighted by atomic mass is 9.87. The lowest BCUT2D eigenvalue weighted by molar-refractivity contribution is 0.494. The molecule has 0 radical (unpaired) electrons. The number of hydrogen-bond acceptors (Lipinski definition) is 0. The third-order valence-electron chi connectivity index (χ3n) is 8.31. The molecule has 1 atom stereocenters. The van der Waals surface area contributed by atoms with Gasteiger partial charge in [0.25, 0.3) is 0 Å². The van der Waals surface area contributed by atoms with Crippen molar-refractivity contribution < 1.29 is 0 Å². The zero-order valence-electron chi connectivity index (χ0n) is 24.4. The van der Waals surface area contributed by atoms with Crippen molar-refractivity contribution in [3.05, 3.63) is 48.0 Å². The van der Waals surface area contributed by atoms with Crippen LogP contribution in [0.3, 0.4) is 0 Å². The van der Waals surface area contributed by atoms with Crippen molar-refractivity contribution in [1.29, 1.82) is 0 Å². The van der Waals surface area contributed by atoms with Crippen LogP contribution in [0.1, 0.15) is 173 Å². The van der Waals surface area contributed by atoms with Gasteiger partial charge in [0.05, 0.1) is 0 Å². The number of rotatable bonds is 24. The largest absolute Gasteiger partial charge is 0.0654 e. The summed E-state index contributed by atoms with van der Waals surface area (Å²) in [7, 11) is 0. The van der Waals surface area contributed by atoms with Crippen molar-refractivity contribution in [2.24, 2.45) is 0 Å². The Balaban J connectivity index is 1.42. The maximum Gasteiger partial charge on any atom is -0.0162 e. The van der Waals surface area contributed by atoms with Crippen LogP contribution in [0.4, 0.5) is 0 Å². The molecule has 0 amide bonds. The first-order valence-corrected chi connectivity index (χ1v) is 16.3. The zero-order valence-corrected chi connectivity index (χ0v) is 24.4. The second-order valence-corrected chi connectivity index (χ2v) is 11.6. The summed E-state index contributed by atoms with van der Waals surface area (Å²) in [6.07, 6.45) is 33.1. The van der Waals surface area contributed by atoms with Crippen LogP contribution in [-0.2, 0) is 0 Å². The molecule has 0 fully saturated rings. The standard InChI is InChI=1S/C36H60/c1-3-5-7-8-9-10-11-12-13-14-15-16-17-18-19-20-21-22-23-27-33(26-6-4-2)36-31-30-34-28-24-25-29-35(34)32-36/h24-25,28-33H,3-23,26-27H2,1-2H3.